The van der Waals surface area contributed by atoms with Crippen LogP contribution in [0.5, 0.6) is 0 Å². The number of nitrogens with two attached hydrogens (primary N) is 1. The van der Waals surface area contributed by atoms with Gasteiger partial charge in [-0.15, -0.1) is 11.3 Å². The molecule has 19 heavy (non-hydrogen) atoms. The van der Waals surface area contributed by atoms with Crippen molar-refractivity contribution in [1.82, 2.24) is 4.57 Å². The Kier molecular flexibility index (Phi) is 2.68. The highest BCUT2D eigenvalue weighted by molar-refractivity contribution is 7.12. The molecular formula is C14H10N2O2S. The van der Waals surface area contributed by atoms with E-state index in [0.29, 0.717) is 10.4 Å². The van der Waals surface area contributed by atoms with E-state index in [4.69, 9.17) is 5.73 Å². The highest BCUT2D eigenvalue weighted by Crippen LogP contribution is 2.22. The third-order valence-electron chi connectivity index (χ3n) is 2.90. The number of carbonyl (C=O) groups is 2. The largest absolute Gasteiger partial charge is 0.364 e. The molecular weight excluding hydrogens is 260 g/mol. The Morgan fingerprint density at radius 2 is 1.89 bits per heavy atom. The van der Waals surface area contributed by atoms with Crippen molar-refractivity contribution in [3.63, 3.8) is 0 Å². The smallest absolute Gasteiger partial charge is 0.273 e. The molecule has 0 aliphatic heterocycles. The number of thiophene rings is 1. The average Bonchev–Trinajstić information content (AvgIpc) is 3.05. The SMILES string of the molecule is NC(=O)c1cc2ccccc2n1C(=O)c1cccs1. The van der Waals surface area contributed by atoms with Crippen molar-refractivity contribution in [2.24, 2.45) is 5.73 Å². The number of hydrogen-bond acceptors (Lipinski definition) is 3. The lowest BCUT2D eigenvalue weighted by Gasteiger charge is -2.05. The Morgan fingerprint density at radius 3 is 2.58 bits per heavy atom. The molecule has 0 aliphatic carbocycles. The molecule has 0 saturated heterocycles. The van der Waals surface area contributed by atoms with Gasteiger partial charge in [-0.05, 0) is 23.6 Å². The maximum Gasteiger partial charge on any atom is 0.273 e. The van der Waals surface area contributed by atoms with E-state index in [0.717, 1.165) is 5.39 Å². The van der Waals surface area contributed by atoms with E-state index in [1.54, 1.807) is 24.3 Å². The first-order valence-corrected chi connectivity index (χ1v) is 6.55. The first-order valence-electron chi connectivity index (χ1n) is 5.67. The number of nitrogens with zero attached hydrogens (tertiary/aromatic N) is 1. The lowest BCUT2D eigenvalue weighted by molar-refractivity contribution is 0.0929. The van der Waals surface area contributed by atoms with Crippen molar-refractivity contribution in [3.8, 4) is 0 Å². The highest BCUT2D eigenvalue weighted by atomic mass is 32.1. The number of hydrogen-bond donors (Lipinski definition) is 1. The molecule has 0 unspecified atom stereocenters. The molecule has 0 atom stereocenters. The fraction of sp³-hybridized carbons (Fsp3) is 0. The average molecular weight is 270 g/mol. The van der Waals surface area contributed by atoms with Crippen LogP contribution in [-0.2, 0) is 0 Å². The maximum atomic E-state index is 12.5. The Bertz CT molecular complexity index is 772. The van der Waals surface area contributed by atoms with E-state index >= 15 is 0 Å². The standard InChI is InChI=1S/C14H10N2O2S/c15-13(17)11-8-9-4-1-2-5-10(9)16(11)14(18)12-6-3-7-19-12/h1-8H,(H2,15,17). The number of carbonyl (C=O) groups excluding carboxylic acids is 2. The molecule has 0 saturated carbocycles. The van der Waals surface area contributed by atoms with Crippen molar-refractivity contribution in [2.45, 2.75) is 0 Å². The second-order valence-electron chi connectivity index (χ2n) is 4.07. The quantitative estimate of drug-likeness (QED) is 0.777. The van der Waals surface area contributed by atoms with E-state index in [1.165, 1.54) is 15.9 Å². The van der Waals surface area contributed by atoms with Gasteiger partial charge in [0.05, 0.1) is 10.4 Å². The molecule has 3 aromatic rings. The van der Waals surface area contributed by atoms with Gasteiger partial charge in [-0.1, -0.05) is 24.3 Å². The molecule has 0 fully saturated rings. The molecule has 0 aliphatic rings. The van der Waals surface area contributed by atoms with Crippen LogP contribution in [-0.4, -0.2) is 16.4 Å². The summed E-state index contributed by atoms with van der Waals surface area (Å²) in [5.41, 5.74) is 6.26. The third-order valence-corrected chi connectivity index (χ3v) is 3.76. The molecule has 0 spiro atoms. The minimum absolute atomic E-state index is 0.208. The fourth-order valence-corrected chi connectivity index (χ4v) is 2.72. The molecule has 4 nitrogen and oxygen atoms in total. The van der Waals surface area contributed by atoms with Crippen molar-refractivity contribution < 1.29 is 9.59 Å². The van der Waals surface area contributed by atoms with E-state index < -0.39 is 5.91 Å². The molecule has 94 valence electrons. The summed E-state index contributed by atoms with van der Waals surface area (Å²) in [7, 11) is 0. The Morgan fingerprint density at radius 1 is 1.11 bits per heavy atom. The van der Waals surface area contributed by atoms with Crippen LogP contribution >= 0.6 is 11.3 Å². The summed E-state index contributed by atoms with van der Waals surface area (Å²) < 4.78 is 1.38. The number of para-hydroxylation sites is 1. The molecule has 2 aromatic heterocycles. The van der Waals surface area contributed by atoms with Gasteiger partial charge in [0.2, 0.25) is 0 Å². The highest BCUT2D eigenvalue weighted by Gasteiger charge is 2.19. The summed E-state index contributed by atoms with van der Waals surface area (Å²) >= 11 is 1.34. The van der Waals surface area contributed by atoms with Gasteiger partial charge in [0.15, 0.2) is 0 Å². The van der Waals surface area contributed by atoms with Crippen LogP contribution in [0.2, 0.25) is 0 Å². The Hall–Kier alpha value is -2.40. The van der Waals surface area contributed by atoms with Gasteiger partial charge in [0, 0.05) is 5.39 Å². The Balaban J connectivity index is 2.29. The van der Waals surface area contributed by atoms with Gasteiger partial charge in [-0.3, -0.25) is 14.2 Å². The van der Waals surface area contributed by atoms with Gasteiger partial charge in [0.1, 0.15) is 5.69 Å². The van der Waals surface area contributed by atoms with Crippen LogP contribution in [0.4, 0.5) is 0 Å². The minimum Gasteiger partial charge on any atom is -0.364 e. The second-order valence-corrected chi connectivity index (χ2v) is 5.02. The Labute approximate surface area is 113 Å². The van der Waals surface area contributed by atoms with Crippen molar-refractivity contribution in [3.05, 3.63) is 58.4 Å². The summed E-state index contributed by atoms with van der Waals surface area (Å²) in [6.07, 6.45) is 0. The first-order chi connectivity index (χ1) is 9.18. The molecule has 3 rings (SSSR count). The topological polar surface area (TPSA) is 65.1 Å². The number of primary amides is 1. The van der Waals surface area contributed by atoms with Gasteiger partial charge in [-0.25, -0.2) is 0 Å². The van der Waals surface area contributed by atoms with Crippen molar-refractivity contribution >= 4 is 34.1 Å². The van der Waals surface area contributed by atoms with Crippen LogP contribution in [0.3, 0.4) is 0 Å². The van der Waals surface area contributed by atoms with Crippen LogP contribution in [0, 0.1) is 0 Å². The number of rotatable bonds is 2. The molecule has 0 radical (unpaired) electrons. The van der Waals surface area contributed by atoms with Gasteiger partial charge < -0.3 is 5.73 Å². The zero-order valence-electron chi connectivity index (χ0n) is 9.87. The summed E-state index contributed by atoms with van der Waals surface area (Å²) in [6, 6.07) is 12.5. The molecule has 5 heteroatoms. The van der Waals surface area contributed by atoms with Crippen LogP contribution in [0.15, 0.2) is 47.8 Å². The van der Waals surface area contributed by atoms with Crippen LogP contribution in [0.25, 0.3) is 10.9 Å². The van der Waals surface area contributed by atoms with Gasteiger partial charge in [0.25, 0.3) is 11.8 Å². The summed E-state index contributed by atoms with van der Waals surface area (Å²) in [5, 5.41) is 2.64. The molecule has 0 bridgehead atoms. The lowest BCUT2D eigenvalue weighted by Crippen LogP contribution is -2.21. The van der Waals surface area contributed by atoms with E-state index in [2.05, 4.69) is 0 Å². The predicted octanol–water partition coefficient (Wildman–Crippen LogP) is 2.49. The molecule has 1 aromatic carbocycles. The number of fused-ring (bicyclic) bond motifs is 1. The summed E-state index contributed by atoms with van der Waals surface area (Å²) in [6.45, 7) is 0. The maximum absolute atomic E-state index is 12.5. The van der Waals surface area contributed by atoms with Crippen LogP contribution < -0.4 is 5.73 Å². The van der Waals surface area contributed by atoms with Crippen LogP contribution in [0.1, 0.15) is 20.2 Å². The molecule has 2 heterocycles. The first kappa shape index (κ1) is 11.7. The lowest BCUT2D eigenvalue weighted by atomic mass is 10.2. The van der Waals surface area contributed by atoms with Crippen molar-refractivity contribution in [2.75, 3.05) is 0 Å². The predicted molar refractivity (Wildman–Crippen MR) is 74.5 cm³/mol. The summed E-state index contributed by atoms with van der Waals surface area (Å²) in [5.74, 6) is -0.842. The fourth-order valence-electron chi connectivity index (χ4n) is 2.07. The third kappa shape index (κ3) is 1.84. The van der Waals surface area contributed by atoms with Gasteiger partial charge in [-0.2, -0.15) is 0 Å². The van der Waals surface area contributed by atoms with E-state index in [9.17, 15) is 9.59 Å². The zero-order valence-corrected chi connectivity index (χ0v) is 10.7. The van der Waals surface area contributed by atoms with Crippen molar-refractivity contribution in [1.29, 1.82) is 0 Å². The number of aromatic nitrogens is 1. The van der Waals surface area contributed by atoms with E-state index in [-0.39, 0.29) is 11.6 Å². The summed E-state index contributed by atoms with van der Waals surface area (Å²) in [4.78, 5) is 24.6. The monoisotopic (exact) mass is 270 g/mol. The second kappa shape index (κ2) is 4.37. The molecule has 2 N–H and O–H groups in total. The zero-order chi connectivity index (χ0) is 13.4. The number of benzene rings is 1. The minimum atomic E-state index is -0.610. The molecule has 1 amide bonds. The number of amides is 1. The van der Waals surface area contributed by atoms with E-state index in [1.807, 2.05) is 23.6 Å². The normalized spacial score (nSPS) is 10.7. The van der Waals surface area contributed by atoms with Gasteiger partial charge >= 0.3 is 0 Å².